The Bertz CT molecular complexity index is 489. The summed E-state index contributed by atoms with van der Waals surface area (Å²) in [7, 11) is 0. The van der Waals surface area contributed by atoms with E-state index < -0.39 is 18.0 Å². The number of fused-ring (bicyclic) bond motifs is 1. The molecule has 1 aromatic carbocycles. The molecule has 0 fully saturated rings. The standard InChI is InChI=1S/C13H16N2O4/c1-9(12(16)17)14-13(18)15-7-4-8-19-11-6-3-2-5-10(11)15/h2-3,5-6,9H,4,7-8H2,1H3,(H,14,18)(H,16,17)/t9-/m1/s1. The van der Waals surface area contributed by atoms with Gasteiger partial charge in [0.25, 0.3) is 0 Å². The lowest BCUT2D eigenvalue weighted by Gasteiger charge is -2.23. The molecule has 102 valence electrons. The number of urea groups is 1. The van der Waals surface area contributed by atoms with Gasteiger partial charge in [-0.2, -0.15) is 0 Å². The van der Waals surface area contributed by atoms with Gasteiger partial charge in [0.15, 0.2) is 0 Å². The number of nitrogens with one attached hydrogen (secondary N) is 1. The number of para-hydroxylation sites is 2. The van der Waals surface area contributed by atoms with Crippen LogP contribution in [0, 0.1) is 0 Å². The Morgan fingerprint density at radius 1 is 1.42 bits per heavy atom. The lowest BCUT2D eigenvalue weighted by Crippen LogP contribution is -2.47. The number of amides is 2. The van der Waals surface area contributed by atoms with E-state index in [2.05, 4.69) is 5.32 Å². The van der Waals surface area contributed by atoms with E-state index in [1.807, 2.05) is 12.1 Å². The van der Waals surface area contributed by atoms with Crippen LogP contribution < -0.4 is 15.0 Å². The van der Waals surface area contributed by atoms with Crippen LogP contribution in [0.25, 0.3) is 0 Å². The fraction of sp³-hybridized carbons (Fsp3) is 0.385. The Hall–Kier alpha value is -2.24. The fourth-order valence-electron chi connectivity index (χ4n) is 1.86. The molecule has 1 aliphatic rings. The van der Waals surface area contributed by atoms with Crippen molar-refractivity contribution in [1.82, 2.24) is 5.32 Å². The minimum absolute atomic E-state index is 0.423. The number of aliphatic carboxylic acids is 1. The highest BCUT2D eigenvalue weighted by molar-refractivity contribution is 5.95. The summed E-state index contributed by atoms with van der Waals surface area (Å²) in [6.07, 6.45) is 0.698. The molecule has 0 bridgehead atoms. The van der Waals surface area contributed by atoms with Crippen molar-refractivity contribution in [2.24, 2.45) is 0 Å². The Balaban J connectivity index is 2.19. The summed E-state index contributed by atoms with van der Waals surface area (Å²) in [6, 6.07) is 5.87. The van der Waals surface area contributed by atoms with E-state index in [0.29, 0.717) is 31.0 Å². The number of nitrogens with zero attached hydrogens (tertiary/aromatic N) is 1. The Labute approximate surface area is 111 Å². The molecule has 1 aromatic rings. The zero-order valence-electron chi connectivity index (χ0n) is 10.6. The first-order valence-electron chi connectivity index (χ1n) is 6.12. The molecule has 2 rings (SSSR count). The zero-order chi connectivity index (χ0) is 13.8. The maximum absolute atomic E-state index is 12.1. The summed E-state index contributed by atoms with van der Waals surface area (Å²) in [5.74, 6) is -0.425. The maximum atomic E-state index is 12.1. The van der Waals surface area contributed by atoms with Crippen LogP contribution >= 0.6 is 0 Å². The minimum atomic E-state index is -1.06. The lowest BCUT2D eigenvalue weighted by atomic mass is 10.2. The maximum Gasteiger partial charge on any atom is 0.325 e. The largest absolute Gasteiger partial charge is 0.491 e. The van der Waals surface area contributed by atoms with Crippen LogP contribution in [0.4, 0.5) is 10.5 Å². The van der Waals surface area contributed by atoms with Crippen LogP contribution in [0.3, 0.4) is 0 Å². The van der Waals surface area contributed by atoms with E-state index in [4.69, 9.17) is 9.84 Å². The molecule has 2 amide bonds. The molecular weight excluding hydrogens is 248 g/mol. The minimum Gasteiger partial charge on any atom is -0.491 e. The van der Waals surface area contributed by atoms with Crippen molar-refractivity contribution in [3.63, 3.8) is 0 Å². The highest BCUT2D eigenvalue weighted by Gasteiger charge is 2.24. The van der Waals surface area contributed by atoms with Crippen molar-refractivity contribution in [2.75, 3.05) is 18.1 Å². The van der Waals surface area contributed by atoms with Gasteiger partial charge >= 0.3 is 12.0 Å². The van der Waals surface area contributed by atoms with Gasteiger partial charge in [-0.1, -0.05) is 12.1 Å². The van der Waals surface area contributed by atoms with Crippen molar-refractivity contribution in [3.05, 3.63) is 24.3 Å². The molecule has 0 radical (unpaired) electrons. The van der Waals surface area contributed by atoms with E-state index >= 15 is 0 Å². The van der Waals surface area contributed by atoms with Crippen LogP contribution in [0.5, 0.6) is 5.75 Å². The van der Waals surface area contributed by atoms with E-state index in [-0.39, 0.29) is 0 Å². The van der Waals surface area contributed by atoms with Gasteiger partial charge in [0, 0.05) is 6.54 Å². The number of benzene rings is 1. The molecule has 0 saturated heterocycles. The van der Waals surface area contributed by atoms with Gasteiger partial charge in [-0.05, 0) is 25.5 Å². The van der Waals surface area contributed by atoms with Gasteiger partial charge in [-0.3, -0.25) is 9.69 Å². The van der Waals surface area contributed by atoms with E-state index in [1.165, 1.54) is 11.8 Å². The number of hydrogen-bond acceptors (Lipinski definition) is 3. The van der Waals surface area contributed by atoms with Crippen LogP contribution in [0.1, 0.15) is 13.3 Å². The number of carbonyl (C=O) groups excluding carboxylic acids is 1. The molecule has 2 N–H and O–H groups in total. The van der Waals surface area contributed by atoms with Crippen LogP contribution in [0.15, 0.2) is 24.3 Å². The normalized spacial score (nSPS) is 15.7. The number of ether oxygens (including phenoxy) is 1. The third-order valence-electron chi connectivity index (χ3n) is 2.90. The van der Waals surface area contributed by atoms with Crippen LogP contribution in [-0.2, 0) is 4.79 Å². The van der Waals surface area contributed by atoms with Crippen molar-refractivity contribution in [2.45, 2.75) is 19.4 Å². The molecule has 1 heterocycles. The lowest BCUT2D eigenvalue weighted by molar-refractivity contribution is -0.138. The molecule has 1 atom stereocenters. The number of carboxylic acids is 1. The van der Waals surface area contributed by atoms with Crippen molar-refractivity contribution in [3.8, 4) is 5.75 Å². The molecule has 0 aliphatic carbocycles. The molecule has 0 saturated carbocycles. The number of anilines is 1. The van der Waals surface area contributed by atoms with Crippen molar-refractivity contribution >= 4 is 17.7 Å². The first-order valence-corrected chi connectivity index (χ1v) is 6.12. The second kappa shape index (κ2) is 5.60. The van der Waals surface area contributed by atoms with Gasteiger partial charge in [0.2, 0.25) is 0 Å². The zero-order valence-corrected chi connectivity index (χ0v) is 10.6. The number of carbonyl (C=O) groups is 2. The molecule has 0 unspecified atom stereocenters. The van der Waals surface area contributed by atoms with Crippen LogP contribution in [0.2, 0.25) is 0 Å². The van der Waals surface area contributed by atoms with E-state index in [9.17, 15) is 9.59 Å². The highest BCUT2D eigenvalue weighted by atomic mass is 16.5. The summed E-state index contributed by atoms with van der Waals surface area (Å²) >= 11 is 0. The third kappa shape index (κ3) is 2.96. The SMILES string of the molecule is C[C@@H](NC(=O)N1CCCOc2ccccc21)C(=O)O. The number of rotatable bonds is 2. The molecular formula is C13H16N2O4. The molecule has 0 spiro atoms. The summed E-state index contributed by atoms with van der Waals surface area (Å²) in [4.78, 5) is 24.4. The smallest absolute Gasteiger partial charge is 0.325 e. The summed E-state index contributed by atoms with van der Waals surface area (Å²) < 4.78 is 5.54. The van der Waals surface area contributed by atoms with Gasteiger partial charge in [0.1, 0.15) is 11.8 Å². The quantitative estimate of drug-likeness (QED) is 0.847. The Morgan fingerprint density at radius 3 is 2.89 bits per heavy atom. The topological polar surface area (TPSA) is 78.9 Å². The second-order valence-corrected chi connectivity index (χ2v) is 4.33. The first-order chi connectivity index (χ1) is 9.09. The summed E-state index contributed by atoms with van der Waals surface area (Å²) in [5, 5.41) is 11.3. The molecule has 6 heteroatoms. The molecule has 6 nitrogen and oxygen atoms in total. The third-order valence-corrected chi connectivity index (χ3v) is 2.90. The molecule has 19 heavy (non-hydrogen) atoms. The van der Waals surface area contributed by atoms with Gasteiger partial charge in [-0.15, -0.1) is 0 Å². The van der Waals surface area contributed by atoms with Crippen molar-refractivity contribution < 1.29 is 19.4 Å². The van der Waals surface area contributed by atoms with Crippen molar-refractivity contribution in [1.29, 1.82) is 0 Å². The highest BCUT2D eigenvalue weighted by Crippen LogP contribution is 2.30. The fourth-order valence-corrected chi connectivity index (χ4v) is 1.86. The number of hydrogen-bond donors (Lipinski definition) is 2. The summed E-state index contributed by atoms with van der Waals surface area (Å²) in [5.41, 5.74) is 0.662. The molecule has 0 aromatic heterocycles. The van der Waals surface area contributed by atoms with Gasteiger partial charge in [0.05, 0.1) is 12.3 Å². The number of carboxylic acid groups (broad SMARTS) is 1. The van der Waals surface area contributed by atoms with Gasteiger partial charge < -0.3 is 15.2 Å². The van der Waals surface area contributed by atoms with E-state index in [0.717, 1.165) is 0 Å². The predicted octanol–water partition coefficient (Wildman–Crippen LogP) is 1.46. The average Bonchev–Trinajstić information content (AvgIpc) is 2.60. The monoisotopic (exact) mass is 264 g/mol. The second-order valence-electron chi connectivity index (χ2n) is 4.33. The summed E-state index contributed by atoms with van der Waals surface area (Å²) in [6.45, 7) is 2.46. The Kier molecular flexibility index (Phi) is 3.89. The Morgan fingerprint density at radius 2 is 2.16 bits per heavy atom. The predicted molar refractivity (Wildman–Crippen MR) is 69.5 cm³/mol. The average molecular weight is 264 g/mol. The first kappa shape index (κ1) is 13.2. The van der Waals surface area contributed by atoms with Crippen LogP contribution in [-0.4, -0.2) is 36.3 Å². The van der Waals surface area contributed by atoms with Gasteiger partial charge in [-0.25, -0.2) is 4.79 Å². The van der Waals surface area contributed by atoms with E-state index in [1.54, 1.807) is 12.1 Å². The molecule has 1 aliphatic heterocycles.